The molecule has 0 saturated carbocycles. The molecule has 2 rings (SSSR count). The van der Waals surface area contributed by atoms with Gasteiger partial charge in [-0.3, -0.25) is 9.59 Å². The van der Waals surface area contributed by atoms with Crippen LogP contribution in [0.15, 0.2) is 24.3 Å². The SMILES string of the molecule is COc1ccccc1C(=O)N[C@@H](C(=O)O[C@H](C)C(=O)N1C[C@@H](C)O[C@H](C)C1)C(C)C. The second kappa shape index (κ2) is 10.4. The molecule has 0 spiro atoms. The fraction of sp³-hybridized carbons (Fsp3) is 0.591. The molecule has 30 heavy (non-hydrogen) atoms. The van der Waals surface area contributed by atoms with Crippen molar-refractivity contribution in [2.24, 2.45) is 5.92 Å². The zero-order chi connectivity index (χ0) is 22.4. The first kappa shape index (κ1) is 23.7. The van der Waals surface area contributed by atoms with E-state index in [2.05, 4.69) is 5.32 Å². The number of para-hydroxylation sites is 1. The molecular formula is C22H32N2O6. The van der Waals surface area contributed by atoms with Gasteiger partial charge in [0, 0.05) is 13.1 Å². The van der Waals surface area contributed by atoms with Crippen LogP contribution >= 0.6 is 0 Å². The summed E-state index contributed by atoms with van der Waals surface area (Å²) >= 11 is 0. The second-order valence-electron chi connectivity index (χ2n) is 7.98. The van der Waals surface area contributed by atoms with Crippen molar-refractivity contribution in [1.29, 1.82) is 0 Å². The van der Waals surface area contributed by atoms with E-state index in [1.165, 1.54) is 7.11 Å². The van der Waals surface area contributed by atoms with Gasteiger partial charge in [0.1, 0.15) is 11.8 Å². The van der Waals surface area contributed by atoms with Crippen molar-refractivity contribution < 1.29 is 28.6 Å². The van der Waals surface area contributed by atoms with Crippen molar-refractivity contribution in [3.8, 4) is 5.75 Å². The quantitative estimate of drug-likeness (QED) is 0.679. The van der Waals surface area contributed by atoms with Crippen molar-refractivity contribution in [3.05, 3.63) is 29.8 Å². The first-order valence-electron chi connectivity index (χ1n) is 10.2. The number of ether oxygens (including phenoxy) is 3. The molecule has 1 aromatic carbocycles. The molecule has 1 aliphatic rings. The molecule has 4 atom stereocenters. The predicted molar refractivity (Wildman–Crippen MR) is 111 cm³/mol. The molecule has 8 heteroatoms. The number of rotatable bonds is 7. The van der Waals surface area contributed by atoms with E-state index in [9.17, 15) is 14.4 Å². The van der Waals surface area contributed by atoms with Crippen LogP contribution in [0.2, 0.25) is 0 Å². The highest BCUT2D eigenvalue weighted by atomic mass is 16.6. The summed E-state index contributed by atoms with van der Waals surface area (Å²) in [5.41, 5.74) is 0.318. The molecule has 0 aromatic heterocycles. The summed E-state index contributed by atoms with van der Waals surface area (Å²) in [4.78, 5) is 39.8. The zero-order valence-corrected chi connectivity index (χ0v) is 18.5. The summed E-state index contributed by atoms with van der Waals surface area (Å²) in [7, 11) is 1.47. The van der Waals surface area contributed by atoms with Crippen LogP contribution in [0.3, 0.4) is 0 Å². The fourth-order valence-electron chi connectivity index (χ4n) is 3.46. The van der Waals surface area contributed by atoms with Gasteiger partial charge in [-0.05, 0) is 38.8 Å². The van der Waals surface area contributed by atoms with Crippen LogP contribution in [-0.4, -0.2) is 67.2 Å². The van der Waals surface area contributed by atoms with Gasteiger partial charge < -0.3 is 24.4 Å². The summed E-state index contributed by atoms with van der Waals surface area (Å²) in [5.74, 6) is -1.20. The highest BCUT2D eigenvalue weighted by Gasteiger charge is 2.33. The van der Waals surface area contributed by atoms with Crippen LogP contribution in [-0.2, 0) is 19.1 Å². The van der Waals surface area contributed by atoms with Gasteiger partial charge in [-0.15, -0.1) is 0 Å². The third kappa shape index (κ3) is 5.95. The Balaban J connectivity index is 2.04. The Labute approximate surface area is 177 Å². The van der Waals surface area contributed by atoms with E-state index in [0.29, 0.717) is 24.4 Å². The number of methoxy groups -OCH3 is 1. The van der Waals surface area contributed by atoms with Crippen molar-refractivity contribution in [1.82, 2.24) is 10.2 Å². The average molecular weight is 421 g/mol. The number of amides is 2. The van der Waals surface area contributed by atoms with Gasteiger partial charge in [0.25, 0.3) is 11.8 Å². The Morgan fingerprint density at radius 2 is 1.70 bits per heavy atom. The van der Waals surface area contributed by atoms with E-state index in [0.717, 1.165) is 0 Å². The standard InChI is InChI=1S/C22H32N2O6/c1-13(2)19(23-20(25)17-9-7-8-10-18(17)28-6)22(27)30-16(5)21(26)24-11-14(3)29-15(4)12-24/h7-10,13-16,19H,11-12H2,1-6H3,(H,23,25)/t14-,15-,16-,19-/m1/s1. The zero-order valence-electron chi connectivity index (χ0n) is 18.5. The lowest BCUT2D eigenvalue weighted by atomic mass is 10.0. The number of morpholine rings is 1. The maximum atomic E-state index is 12.8. The first-order valence-corrected chi connectivity index (χ1v) is 10.2. The Morgan fingerprint density at radius 1 is 1.10 bits per heavy atom. The molecule has 0 bridgehead atoms. The molecule has 0 aliphatic carbocycles. The average Bonchev–Trinajstić information content (AvgIpc) is 2.69. The number of esters is 1. The number of hydrogen-bond donors (Lipinski definition) is 1. The smallest absolute Gasteiger partial charge is 0.329 e. The predicted octanol–water partition coefficient (Wildman–Crippen LogP) is 2.02. The van der Waals surface area contributed by atoms with Crippen LogP contribution in [0.4, 0.5) is 0 Å². The van der Waals surface area contributed by atoms with Crippen molar-refractivity contribution >= 4 is 17.8 Å². The minimum atomic E-state index is -0.959. The van der Waals surface area contributed by atoms with E-state index >= 15 is 0 Å². The summed E-state index contributed by atoms with van der Waals surface area (Å²) in [6.07, 6.45) is -1.12. The van der Waals surface area contributed by atoms with E-state index in [-0.39, 0.29) is 24.0 Å². The number of nitrogens with one attached hydrogen (secondary N) is 1. The largest absolute Gasteiger partial charge is 0.496 e. The molecule has 8 nitrogen and oxygen atoms in total. The van der Waals surface area contributed by atoms with Gasteiger partial charge in [-0.2, -0.15) is 0 Å². The summed E-state index contributed by atoms with van der Waals surface area (Å²) in [6, 6.07) is 5.85. The summed E-state index contributed by atoms with van der Waals surface area (Å²) < 4.78 is 16.3. The van der Waals surface area contributed by atoms with Crippen molar-refractivity contribution in [2.75, 3.05) is 20.2 Å². The van der Waals surface area contributed by atoms with Gasteiger partial charge in [0.05, 0.1) is 24.9 Å². The molecular weight excluding hydrogens is 388 g/mol. The monoisotopic (exact) mass is 420 g/mol. The highest BCUT2D eigenvalue weighted by Crippen LogP contribution is 2.18. The third-order valence-electron chi connectivity index (χ3n) is 4.93. The molecule has 1 heterocycles. The topological polar surface area (TPSA) is 94.2 Å². The number of nitrogens with zero attached hydrogens (tertiary/aromatic N) is 1. The van der Waals surface area contributed by atoms with Gasteiger partial charge in [-0.1, -0.05) is 26.0 Å². The lowest BCUT2D eigenvalue weighted by molar-refractivity contribution is -0.166. The molecule has 1 N–H and O–H groups in total. The summed E-state index contributed by atoms with van der Waals surface area (Å²) in [6.45, 7) is 9.83. The van der Waals surface area contributed by atoms with Gasteiger partial charge in [0.15, 0.2) is 6.10 Å². The lowest BCUT2D eigenvalue weighted by Gasteiger charge is -2.36. The van der Waals surface area contributed by atoms with E-state index in [1.807, 2.05) is 13.8 Å². The molecule has 1 aromatic rings. The first-order chi connectivity index (χ1) is 14.1. The van der Waals surface area contributed by atoms with Gasteiger partial charge in [0.2, 0.25) is 0 Å². The van der Waals surface area contributed by atoms with Crippen molar-refractivity contribution in [3.63, 3.8) is 0 Å². The number of carbonyl (C=O) groups excluding carboxylic acids is 3. The van der Waals surface area contributed by atoms with Crippen LogP contribution in [0, 0.1) is 5.92 Å². The molecule has 2 amide bonds. The van der Waals surface area contributed by atoms with Gasteiger partial charge in [-0.25, -0.2) is 4.79 Å². The van der Waals surface area contributed by atoms with E-state index in [1.54, 1.807) is 49.9 Å². The maximum Gasteiger partial charge on any atom is 0.329 e. The molecule has 166 valence electrons. The fourth-order valence-corrected chi connectivity index (χ4v) is 3.46. The van der Waals surface area contributed by atoms with Crippen LogP contribution < -0.4 is 10.1 Å². The van der Waals surface area contributed by atoms with Crippen LogP contribution in [0.25, 0.3) is 0 Å². The molecule has 1 saturated heterocycles. The number of hydrogen-bond acceptors (Lipinski definition) is 6. The van der Waals surface area contributed by atoms with Crippen molar-refractivity contribution in [2.45, 2.75) is 59.0 Å². The van der Waals surface area contributed by atoms with E-state index in [4.69, 9.17) is 14.2 Å². The molecule has 0 radical (unpaired) electrons. The van der Waals surface area contributed by atoms with Crippen LogP contribution in [0.5, 0.6) is 5.75 Å². The molecule has 0 unspecified atom stereocenters. The minimum absolute atomic E-state index is 0.0795. The Bertz CT molecular complexity index is 756. The van der Waals surface area contributed by atoms with E-state index < -0.39 is 24.0 Å². The summed E-state index contributed by atoms with van der Waals surface area (Å²) in [5, 5.41) is 2.71. The molecule has 1 fully saturated rings. The Hall–Kier alpha value is -2.61. The minimum Gasteiger partial charge on any atom is -0.496 e. The van der Waals surface area contributed by atoms with Gasteiger partial charge >= 0.3 is 5.97 Å². The Morgan fingerprint density at radius 3 is 2.27 bits per heavy atom. The maximum absolute atomic E-state index is 12.8. The second-order valence-corrected chi connectivity index (χ2v) is 7.98. The van der Waals surface area contributed by atoms with Crippen LogP contribution in [0.1, 0.15) is 45.0 Å². The number of carbonyl (C=O) groups is 3. The Kier molecular flexibility index (Phi) is 8.23. The highest BCUT2D eigenvalue weighted by molar-refractivity contribution is 5.99. The normalized spacial score (nSPS) is 21.0. The molecule has 1 aliphatic heterocycles. The lowest BCUT2D eigenvalue weighted by Crippen LogP contribution is -2.52. The third-order valence-corrected chi connectivity index (χ3v) is 4.93. The number of benzene rings is 1.